The van der Waals surface area contributed by atoms with E-state index >= 15 is 0 Å². The number of hydrogen-bond acceptors (Lipinski definition) is 5. The lowest BCUT2D eigenvalue weighted by atomic mass is 9.71. The molecule has 0 radical (unpaired) electrons. The zero-order chi connectivity index (χ0) is 18.4. The smallest absolute Gasteiger partial charge is 0.287 e. The molecule has 0 bridgehead atoms. The second kappa shape index (κ2) is 6.25. The Kier molecular flexibility index (Phi) is 4.03. The standard InChI is InChI=1S/C19H20N2O5/c1-9-3-4-11-13(23)8-15(26-14(11)7-9)19(24)21-16-12-5-6-25-18(12)17(16)20-10(2)22/h3-4,7-8,12,16-18H,5-6H2,1-2H3,(H,20,22)(H,21,24)/t12-,16+,17-,18-/m1/s1. The van der Waals surface area contributed by atoms with Gasteiger partial charge in [-0.3, -0.25) is 14.4 Å². The first-order valence-corrected chi connectivity index (χ1v) is 8.68. The molecule has 7 nitrogen and oxygen atoms in total. The topological polar surface area (TPSA) is 97.6 Å². The van der Waals surface area contributed by atoms with E-state index in [1.807, 2.05) is 13.0 Å². The summed E-state index contributed by atoms with van der Waals surface area (Å²) in [5, 5.41) is 6.18. The Labute approximate surface area is 149 Å². The molecule has 136 valence electrons. The highest BCUT2D eigenvalue weighted by Crippen LogP contribution is 2.39. The largest absolute Gasteiger partial charge is 0.451 e. The van der Waals surface area contributed by atoms with Crippen LogP contribution in [-0.4, -0.2) is 36.6 Å². The summed E-state index contributed by atoms with van der Waals surface area (Å²) in [6, 6.07) is 5.96. The van der Waals surface area contributed by atoms with Crippen molar-refractivity contribution in [2.75, 3.05) is 6.61 Å². The molecule has 1 aromatic heterocycles. The van der Waals surface area contributed by atoms with Gasteiger partial charge in [0.25, 0.3) is 5.91 Å². The van der Waals surface area contributed by atoms with Crippen molar-refractivity contribution in [3.63, 3.8) is 0 Å². The lowest BCUT2D eigenvalue weighted by Crippen LogP contribution is -2.70. The van der Waals surface area contributed by atoms with Gasteiger partial charge in [-0.15, -0.1) is 0 Å². The maximum absolute atomic E-state index is 12.7. The summed E-state index contributed by atoms with van der Waals surface area (Å²) in [5.41, 5.74) is 1.07. The van der Waals surface area contributed by atoms with Crippen molar-refractivity contribution in [3.05, 3.63) is 45.8 Å². The third kappa shape index (κ3) is 2.78. The number of amides is 2. The van der Waals surface area contributed by atoms with Crippen molar-refractivity contribution in [2.45, 2.75) is 38.5 Å². The molecule has 1 saturated heterocycles. The zero-order valence-electron chi connectivity index (χ0n) is 14.6. The number of fused-ring (bicyclic) bond motifs is 2. The molecule has 7 heteroatoms. The van der Waals surface area contributed by atoms with Crippen molar-refractivity contribution < 1.29 is 18.7 Å². The predicted octanol–water partition coefficient (Wildman–Crippen LogP) is 1.12. The summed E-state index contributed by atoms with van der Waals surface area (Å²) in [6.45, 7) is 3.94. The van der Waals surface area contributed by atoms with Gasteiger partial charge in [-0.05, 0) is 31.0 Å². The van der Waals surface area contributed by atoms with Crippen LogP contribution in [-0.2, 0) is 9.53 Å². The van der Waals surface area contributed by atoms with Crippen LogP contribution < -0.4 is 16.1 Å². The Morgan fingerprint density at radius 3 is 2.73 bits per heavy atom. The van der Waals surface area contributed by atoms with Crippen molar-refractivity contribution >= 4 is 22.8 Å². The SMILES string of the molecule is CC(=O)N[C@@H]1[C@@H](NC(=O)c2cc(=O)c3ccc(C)cc3o2)[C@H]2CCO[C@H]21. The number of nitrogens with one attached hydrogen (secondary N) is 2. The van der Waals surface area contributed by atoms with Gasteiger partial charge in [-0.1, -0.05) is 6.07 Å². The second-order valence-corrected chi connectivity index (χ2v) is 6.99. The minimum Gasteiger partial charge on any atom is -0.451 e. The Morgan fingerprint density at radius 2 is 1.96 bits per heavy atom. The van der Waals surface area contributed by atoms with Gasteiger partial charge in [0.1, 0.15) is 5.58 Å². The van der Waals surface area contributed by atoms with E-state index in [9.17, 15) is 14.4 Å². The molecule has 1 aliphatic heterocycles. The number of benzene rings is 1. The highest BCUT2D eigenvalue weighted by Gasteiger charge is 2.55. The Balaban J connectivity index is 1.59. The number of hydrogen-bond donors (Lipinski definition) is 2. The average Bonchev–Trinajstić information content (AvgIpc) is 3.01. The summed E-state index contributed by atoms with van der Waals surface area (Å²) in [5.74, 6) is -0.505. The van der Waals surface area contributed by atoms with E-state index in [0.717, 1.165) is 12.0 Å². The maximum Gasteiger partial charge on any atom is 0.287 e. The van der Waals surface area contributed by atoms with Gasteiger partial charge in [0.15, 0.2) is 11.2 Å². The molecule has 0 spiro atoms. The van der Waals surface area contributed by atoms with E-state index in [4.69, 9.17) is 9.15 Å². The van der Waals surface area contributed by atoms with Gasteiger partial charge in [-0.25, -0.2) is 0 Å². The summed E-state index contributed by atoms with van der Waals surface area (Å²) in [7, 11) is 0. The van der Waals surface area contributed by atoms with Gasteiger partial charge in [-0.2, -0.15) is 0 Å². The molecular weight excluding hydrogens is 336 g/mol. The Bertz CT molecular complexity index is 951. The summed E-state index contributed by atoms with van der Waals surface area (Å²) >= 11 is 0. The lowest BCUT2D eigenvalue weighted by Gasteiger charge is -2.47. The van der Waals surface area contributed by atoms with E-state index in [1.54, 1.807) is 12.1 Å². The number of rotatable bonds is 3. The molecule has 1 saturated carbocycles. The van der Waals surface area contributed by atoms with E-state index in [1.165, 1.54) is 13.0 Å². The molecule has 4 rings (SSSR count). The van der Waals surface area contributed by atoms with Gasteiger partial charge in [0.05, 0.1) is 23.6 Å². The van der Waals surface area contributed by atoms with Crippen LogP contribution in [0.3, 0.4) is 0 Å². The minimum atomic E-state index is -0.462. The van der Waals surface area contributed by atoms with E-state index in [-0.39, 0.29) is 41.2 Å². The van der Waals surface area contributed by atoms with Gasteiger partial charge < -0.3 is 19.8 Å². The summed E-state index contributed by atoms with van der Waals surface area (Å²) < 4.78 is 11.3. The maximum atomic E-state index is 12.7. The van der Waals surface area contributed by atoms with Crippen molar-refractivity contribution in [2.24, 2.45) is 5.92 Å². The third-order valence-corrected chi connectivity index (χ3v) is 5.16. The quantitative estimate of drug-likeness (QED) is 0.859. The first-order valence-electron chi connectivity index (χ1n) is 8.68. The predicted molar refractivity (Wildman–Crippen MR) is 93.9 cm³/mol. The first-order chi connectivity index (χ1) is 12.4. The molecule has 2 heterocycles. The van der Waals surface area contributed by atoms with Gasteiger partial charge >= 0.3 is 0 Å². The van der Waals surface area contributed by atoms with Crippen LogP contribution in [0.1, 0.15) is 29.5 Å². The number of carbonyl (C=O) groups excluding carboxylic acids is 2. The molecule has 26 heavy (non-hydrogen) atoms. The highest BCUT2D eigenvalue weighted by molar-refractivity contribution is 5.93. The molecule has 1 aromatic carbocycles. The van der Waals surface area contributed by atoms with E-state index < -0.39 is 5.91 Å². The molecule has 0 unspecified atom stereocenters. The van der Waals surface area contributed by atoms with Crippen molar-refractivity contribution in [1.29, 1.82) is 0 Å². The molecular formula is C19H20N2O5. The van der Waals surface area contributed by atoms with E-state index in [2.05, 4.69) is 10.6 Å². The first kappa shape index (κ1) is 16.8. The number of ether oxygens (including phenoxy) is 1. The summed E-state index contributed by atoms with van der Waals surface area (Å²) in [6.07, 6.45) is 0.752. The molecule has 1 aliphatic carbocycles. The van der Waals surface area contributed by atoms with Crippen molar-refractivity contribution in [3.8, 4) is 0 Å². The van der Waals surface area contributed by atoms with Crippen LogP contribution in [0, 0.1) is 12.8 Å². The fourth-order valence-electron chi connectivity index (χ4n) is 3.91. The second-order valence-electron chi connectivity index (χ2n) is 6.99. The van der Waals surface area contributed by atoms with Crippen LogP contribution in [0.4, 0.5) is 0 Å². The fraction of sp³-hybridized carbons (Fsp3) is 0.421. The molecule has 2 aromatic rings. The fourth-order valence-corrected chi connectivity index (χ4v) is 3.91. The lowest BCUT2D eigenvalue weighted by molar-refractivity contribution is -0.124. The number of aryl methyl sites for hydroxylation is 1. The Morgan fingerprint density at radius 1 is 1.15 bits per heavy atom. The molecule has 2 fully saturated rings. The minimum absolute atomic E-state index is 0.0305. The molecule has 2 aliphatic rings. The average molecular weight is 356 g/mol. The van der Waals surface area contributed by atoms with Gasteiger partial charge in [0, 0.05) is 25.5 Å². The zero-order valence-corrected chi connectivity index (χ0v) is 14.6. The normalized spacial score (nSPS) is 26.8. The molecule has 4 atom stereocenters. The summed E-state index contributed by atoms with van der Waals surface area (Å²) in [4.78, 5) is 36.3. The monoisotopic (exact) mass is 356 g/mol. The van der Waals surface area contributed by atoms with E-state index in [0.29, 0.717) is 17.6 Å². The molecule has 2 N–H and O–H groups in total. The van der Waals surface area contributed by atoms with Crippen LogP contribution >= 0.6 is 0 Å². The Hall–Kier alpha value is -2.67. The highest BCUT2D eigenvalue weighted by atomic mass is 16.5. The third-order valence-electron chi connectivity index (χ3n) is 5.16. The van der Waals surface area contributed by atoms with Crippen LogP contribution in [0.5, 0.6) is 0 Å². The van der Waals surface area contributed by atoms with Crippen LogP contribution in [0.2, 0.25) is 0 Å². The van der Waals surface area contributed by atoms with Crippen molar-refractivity contribution in [1.82, 2.24) is 10.6 Å². The molecule has 2 amide bonds. The van der Waals surface area contributed by atoms with Gasteiger partial charge in [0.2, 0.25) is 5.91 Å². The van der Waals surface area contributed by atoms with Crippen LogP contribution in [0.25, 0.3) is 11.0 Å². The number of carbonyl (C=O) groups is 2. The van der Waals surface area contributed by atoms with Crippen LogP contribution in [0.15, 0.2) is 33.5 Å².